The number of hydrogen-bond acceptors (Lipinski definition) is 6. The van der Waals surface area contributed by atoms with Crippen LogP contribution in [0.1, 0.15) is 32.1 Å². The molecule has 2 saturated heterocycles. The van der Waals surface area contributed by atoms with E-state index in [0.29, 0.717) is 29.3 Å². The molecule has 0 saturated carbocycles. The molecule has 150 valence electrons. The Morgan fingerprint density at radius 2 is 1.97 bits per heavy atom. The van der Waals surface area contributed by atoms with Gasteiger partial charge in [0, 0.05) is 42.7 Å². The Morgan fingerprint density at radius 3 is 2.66 bits per heavy atom. The van der Waals surface area contributed by atoms with Crippen LogP contribution in [0.15, 0.2) is 49.1 Å². The fraction of sp³-hybridized carbons (Fsp3) is 0.409. The molecule has 4 heterocycles. The highest BCUT2D eigenvalue weighted by Crippen LogP contribution is 2.31. The van der Waals surface area contributed by atoms with Crippen LogP contribution < -0.4 is 10.6 Å². The van der Waals surface area contributed by atoms with Crippen LogP contribution in [-0.2, 0) is 0 Å². The van der Waals surface area contributed by atoms with Crippen molar-refractivity contribution in [3.63, 3.8) is 0 Å². The van der Waals surface area contributed by atoms with Crippen molar-refractivity contribution in [2.45, 2.75) is 44.2 Å². The third-order valence-electron chi connectivity index (χ3n) is 6.11. The number of imidazole rings is 1. The van der Waals surface area contributed by atoms with Gasteiger partial charge in [0.2, 0.25) is 0 Å². The average Bonchev–Trinajstić information content (AvgIpc) is 3.27. The van der Waals surface area contributed by atoms with Crippen LogP contribution in [0.3, 0.4) is 0 Å². The van der Waals surface area contributed by atoms with Crippen molar-refractivity contribution in [3.8, 4) is 22.7 Å². The molecule has 3 aromatic rings. The van der Waals surface area contributed by atoms with E-state index in [1.54, 1.807) is 18.6 Å². The first-order valence-corrected chi connectivity index (χ1v) is 10.4. The number of aromatic hydroxyl groups is 1. The van der Waals surface area contributed by atoms with E-state index in [1.807, 2.05) is 35.0 Å². The second-order valence-electron chi connectivity index (χ2n) is 8.18. The van der Waals surface area contributed by atoms with E-state index in [-0.39, 0.29) is 5.75 Å². The highest BCUT2D eigenvalue weighted by Gasteiger charge is 2.30. The predicted octanol–water partition coefficient (Wildman–Crippen LogP) is 3.37. The summed E-state index contributed by atoms with van der Waals surface area (Å²) in [5.74, 6) is 1.65. The molecular formula is C22H26N6O. The van der Waals surface area contributed by atoms with Crippen LogP contribution in [-0.4, -0.2) is 43.5 Å². The molecule has 7 heteroatoms. The van der Waals surface area contributed by atoms with Crippen molar-refractivity contribution in [1.82, 2.24) is 25.1 Å². The minimum atomic E-state index is 0.174. The Kier molecular flexibility index (Phi) is 4.89. The van der Waals surface area contributed by atoms with Gasteiger partial charge in [-0.25, -0.2) is 4.98 Å². The zero-order valence-electron chi connectivity index (χ0n) is 16.3. The minimum Gasteiger partial charge on any atom is -0.507 e. The van der Waals surface area contributed by atoms with Gasteiger partial charge in [0.25, 0.3) is 0 Å². The van der Waals surface area contributed by atoms with Crippen LogP contribution in [0.25, 0.3) is 16.9 Å². The molecule has 29 heavy (non-hydrogen) atoms. The summed E-state index contributed by atoms with van der Waals surface area (Å²) in [6.45, 7) is 0.938. The first-order valence-electron chi connectivity index (χ1n) is 10.4. The number of rotatable bonds is 5. The Hall–Kier alpha value is -2.93. The monoisotopic (exact) mass is 390 g/mol. The van der Waals surface area contributed by atoms with Gasteiger partial charge in [-0.3, -0.25) is 0 Å². The lowest BCUT2D eigenvalue weighted by Gasteiger charge is -2.40. The predicted molar refractivity (Wildman–Crippen MR) is 112 cm³/mol. The zero-order valence-corrected chi connectivity index (χ0v) is 16.3. The van der Waals surface area contributed by atoms with E-state index < -0.39 is 0 Å². The number of benzene rings is 1. The van der Waals surface area contributed by atoms with Gasteiger partial charge in [-0.05, 0) is 55.9 Å². The largest absolute Gasteiger partial charge is 0.507 e. The summed E-state index contributed by atoms with van der Waals surface area (Å²) in [4.78, 5) is 4.03. The van der Waals surface area contributed by atoms with Crippen molar-refractivity contribution in [2.24, 2.45) is 5.92 Å². The van der Waals surface area contributed by atoms with Gasteiger partial charge in [0.15, 0.2) is 0 Å². The molecule has 2 aliphatic rings. The summed E-state index contributed by atoms with van der Waals surface area (Å²) in [5, 5.41) is 26.3. The first-order chi connectivity index (χ1) is 14.2. The van der Waals surface area contributed by atoms with Gasteiger partial charge in [-0.2, -0.15) is 0 Å². The Morgan fingerprint density at radius 1 is 1.10 bits per heavy atom. The number of phenolic OH excluding ortho intramolecular Hbond substituents is 1. The van der Waals surface area contributed by atoms with E-state index in [4.69, 9.17) is 0 Å². The van der Waals surface area contributed by atoms with Gasteiger partial charge in [-0.1, -0.05) is 6.42 Å². The molecule has 7 nitrogen and oxygen atoms in total. The molecule has 2 unspecified atom stereocenters. The third kappa shape index (κ3) is 3.96. The Labute approximate surface area is 170 Å². The lowest BCUT2D eigenvalue weighted by atomic mass is 9.80. The maximum atomic E-state index is 10.4. The molecule has 2 atom stereocenters. The number of nitrogens with zero attached hydrogens (tertiary/aromatic N) is 4. The molecule has 2 bridgehead atoms. The van der Waals surface area contributed by atoms with Gasteiger partial charge in [-0.15, -0.1) is 10.2 Å². The third-order valence-corrected chi connectivity index (χ3v) is 6.11. The average molecular weight is 390 g/mol. The van der Waals surface area contributed by atoms with Gasteiger partial charge in [0.05, 0.1) is 17.7 Å². The standard InChI is InChI=1S/C22H26N6O/c29-21-12-18(28-9-8-23-14-28)4-5-19(21)20-6-7-22(27-26-20)24-13-15-10-16-2-1-3-17(11-15)25-16/h4-9,12,14-17,25,29H,1-3,10-11,13H2,(H,24,27). The topological polar surface area (TPSA) is 87.9 Å². The van der Waals surface area contributed by atoms with Gasteiger partial charge >= 0.3 is 0 Å². The lowest BCUT2D eigenvalue weighted by Crippen LogP contribution is -2.49. The maximum Gasteiger partial charge on any atom is 0.148 e. The van der Waals surface area contributed by atoms with E-state index in [1.165, 1.54) is 32.1 Å². The first kappa shape index (κ1) is 18.1. The van der Waals surface area contributed by atoms with Gasteiger partial charge in [0.1, 0.15) is 11.6 Å². The minimum absolute atomic E-state index is 0.174. The smallest absolute Gasteiger partial charge is 0.148 e. The Balaban J connectivity index is 1.23. The number of anilines is 1. The molecule has 2 aliphatic heterocycles. The fourth-order valence-corrected chi connectivity index (χ4v) is 4.68. The summed E-state index contributed by atoms with van der Waals surface area (Å²) in [6.07, 6.45) is 11.7. The number of hydrogen-bond donors (Lipinski definition) is 3. The quantitative estimate of drug-likeness (QED) is 0.619. The summed E-state index contributed by atoms with van der Waals surface area (Å²) in [5.41, 5.74) is 2.17. The second kappa shape index (κ2) is 7.83. The van der Waals surface area contributed by atoms with Crippen molar-refractivity contribution in [2.75, 3.05) is 11.9 Å². The molecule has 1 aromatic carbocycles. The summed E-state index contributed by atoms with van der Waals surface area (Å²) < 4.78 is 1.84. The second-order valence-corrected chi connectivity index (χ2v) is 8.18. The molecule has 2 aromatic heterocycles. The maximum absolute atomic E-state index is 10.4. The van der Waals surface area contributed by atoms with Gasteiger partial charge < -0.3 is 20.3 Å². The van der Waals surface area contributed by atoms with E-state index in [2.05, 4.69) is 25.8 Å². The SMILES string of the molecule is Oc1cc(-n2ccnc2)ccc1-c1ccc(NCC2CC3CCCC(C2)N3)nn1. The van der Waals surface area contributed by atoms with Crippen LogP contribution in [0.4, 0.5) is 5.82 Å². The van der Waals surface area contributed by atoms with E-state index in [9.17, 15) is 5.11 Å². The van der Waals surface area contributed by atoms with E-state index >= 15 is 0 Å². The summed E-state index contributed by atoms with van der Waals surface area (Å²) in [7, 11) is 0. The molecule has 2 fully saturated rings. The number of piperidine rings is 2. The summed E-state index contributed by atoms with van der Waals surface area (Å²) in [6, 6.07) is 10.7. The Bertz CT molecular complexity index is 944. The van der Waals surface area contributed by atoms with Crippen molar-refractivity contribution in [1.29, 1.82) is 0 Å². The molecule has 5 rings (SSSR count). The number of phenols is 1. The van der Waals surface area contributed by atoms with Crippen molar-refractivity contribution in [3.05, 3.63) is 49.1 Å². The molecule has 0 amide bonds. The molecule has 0 aliphatic carbocycles. The zero-order chi connectivity index (χ0) is 19.6. The number of nitrogens with one attached hydrogen (secondary N) is 2. The molecular weight excluding hydrogens is 364 g/mol. The van der Waals surface area contributed by atoms with Crippen LogP contribution >= 0.6 is 0 Å². The molecule has 3 N–H and O–H groups in total. The fourth-order valence-electron chi connectivity index (χ4n) is 4.68. The number of aromatic nitrogens is 4. The lowest BCUT2D eigenvalue weighted by molar-refractivity contribution is 0.192. The van der Waals surface area contributed by atoms with E-state index in [0.717, 1.165) is 18.1 Å². The highest BCUT2D eigenvalue weighted by atomic mass is 16.3. The van der Waals surface area contributed by atoms with Crippen molar-refractivity contribution < 1.29 is 5.11 Å². The molecule has 0 radical (unpaired) electrons. The summed E-state index contributed by atoms with van der Waals surface area (Å²) >= 11 is 0. The number of fused-ring (bicyclic) bond motifs is 2. The van der Waals surface area contributed by atoms with Crippen LogP contribution in [0.2, 0.25) is 0 Å². The van der Waals surface area contributed by atoms with Crippen molar-refractivity contribution >= 4 is 5.82 Å². The molecule has 0 spiro atoms. The van der Waals surface area contributed by atoms with Crippen LogP contribution in [0, 0.1) is 5.92 Å². The highest BCUT2D eigenvalue weighted by molar-refractivity contribution is 5.68. The normalized spacial score (nSPS) is 23.7. The van der Waals surface area contributed by atoms with Crippen LogP contribution in [0.5, 0.6) is 5.75 Å².